The van der Waals surface area contributed by atoms with Crippen LogP contribution in [0.2, 0.25) is 0 Å². The van der Waals surface area contributed by atoms with Crippen molar-refractivity contribution >= 4 is 11.8 Å². The smallest absolute Gasteiger partial charge is 0.411 e. The highest BCUT2D eigenvalue weighted by Crippen LogP contribution is 2.29. The Bertz CT molecular complexity index is 399. The van der Waals surface area contributed by atoms with Crippen LogP contribution in [0.15, 0.2) is 24.3 Å². The summed E-state index contributed by atoms with van der Waals surface area (Å²) in [4.78, 5) is 11.6. The average molecular weight is 250 g/mol. The summed E-state index contributed by atoms with van der Waals surface area (Å²) in [6.07, 6.45) is 1.33. The first-order valence-electron chi connectivity index (χ1n) is 6.03. The number of nitrogens with one attached hydrogen (secondary N) is 1. The van der Waals surface area contributed by atoms with Gasteiger partial charge in [0.25, 0.3) is 0 Å². The molecule has 0 atom stereocenters. The maximum Gasteiger partial charge on any atom is 0.411 e. The van der Waals surface area contributed by atoms with Gasteiger partial charge in [0.2, 0.25) is 0 Å². The van der Waals surface area contributed by atoms with E-state index in [-0.39, 0.29) is 6.10 Å². The number of nitrogens with two attached hydrogens (primary N) is 1. The molecule has 0 radical (unpaired) electrons. The first kappa shape index (κ1) is 12.7. The normalized spacial score (nSPS) is 21.9. The lowest BCUT2D eigenvalue weighted by Crippen LogP contribution is -2.38. The quantitative estimate of drug-likeness (QED) is 0.857. The summed E-state index contributed by atoms with van der Waals surface area (Å²) in [5.74, 6) is 1.25. The van der Waals surface area contributed by atoms with Crippen LogP contribution in [-0.2, 0) is 4.74 Å². The number of hydrogen-bond acceptors (Lipinski definition) is 4. The van der Waals surface area contributed by atoms with Crippen LogP contribution in [0, 0.1) is 5.92 Å². The van der Waals surface area contributed by atoms with Crippen LogP contribution in [0.1, 0.15) is 12.8 Å². The number of rotatable bonds is 4. The van der Waals surface area contributed by atoms with E-state index in [4.69, 9.17) is 15.2 Å². The van der Waals surface area contributed by atoms with Gasteiger partial charge in [0.15, 0.2) is 0 Å². The molecule has 0 aliphatic heterocycles. The molecule has 0 heterocycles. The first-order valence-corrected chi connectivity index (χ1v) is 6.03. The largest absolute Gasteiger partial charge is 0.497 e. The number of methoxy groups -OCH3 is 1. The van der Waals surface area contributed by atoms with Crippen LogP contribution in [0.25, 0.3) is 0 Å². The van der Waals surface area contributed by atoms with Gasteiger partial charge in [-0.2, -0.15) is 0 Å². The molecule has 3 N–H and O–H groups in total. The summed E-state index contributed by atoms with van der Waals surface area (Å²) in [5.41, 5.74) is 6.20. The Morgan fingerprint density at radius 3 is 2.61 bits per heavy atom. The molecule has 1 aliphatic rings. The molecule has 2 rings (SSSR count). The first-order chi connectivity index (χ1) is 8.71. The van der Waals surface area contributed by atoms with Crippen LogP contribution in [0.4, 0.5) is 10.5 Å². The molecule has 0 bridgehead atoms. The van der Waals surface area contributed by atoms with Gasteiger partial charge in [-0.3, -0.25) is 5.32 Å². The van der Waals surface area contributed by atoms with Crippen LogP contribution in [-0.4, -0.2) is 25.9 Å². The number of amides is 1. The van der Waals surface area contributed by atoms with Gasteiger partial charge in [-0.05, 0) is 49.6 Å². The van der Waals surface area contributed by atoms with Crippen LogP contribution in [0.3, 0.4) is 0 Å². The van der Waals surface area contributed by atoms with Gasteiger partial charge in [0.05, 0.1) is 7.11 Å². The number of carbonyl (C=O) groups excluding carboxylic acids is 1. The van der Waals surface area contributed by atoms with Crippen molar-refractivity contribution < 1.29 is 14.3 Å². The fraction of sp³-hybridized carbons (Fsp3) is 0.462. The third kappa shape index (κ3) is 3.13. The Kier molecular flexibility index (Phi) is 4.04. The molecule has 0 spiro atoms. The standard InChI is InChI=1S/C13H18N2O3/c1-17-11-4-2-10(3-5-11)15-13(16)18-12-6-9(7-12)8-14/h2-5,9,12H,6-8,14H2,1H3,(H,15,16). The van der Waals surface area contributed by atoms with E-state index in [1.807, 2.05) is 0 Å². The number of anilines is 1. The van der Waals surface area contributed by atoms with E-state index in [9.17, 15) is 4.79 Å². The van der Waals surface area contributed by atoms with Crippen molar-refractivity contribution in [3.63, 3.8) is 0 Å². The predicted octanol–water partition coefficient (Wildman–Crippen LogP) is 1.98. The molecule has 98 valence electrons. The molecule has 18 heavy (non-hydrogen) atoms. The molecule has 1 aromatic carbocycles. The van der Waals surface area contributed by atoms with Crippen molar-refractivity contribution in [1.82, 2.24) is 0 Å². The van der Waals surface area contributed by atoms with Crippen molar-refractivity contribution in [2.75, 3.05) is 19.0 Å². The Balaban J connectivity index is 1.77. The number of hydrogen-bond donors (Lipinski definition) is 2. The lowest BCUT2D eigenvalue weighted by molar-refractivity contribution is 0.0278. The molecular formula is C13H18N2O3. The molecule has 1 aromatic rings. The highest BCUT2D eigenvalue weighted by atomic mass is 16.6. The lowest BCUT2D eigenvalue weighted by atomic mass is 9.82. The number of carbonyl (C=O) groups is 1. The van der Waals surface area contributed by atoms with Gasteiger partial charge in [-0.1, -0.05) is 0 Å². The second-order valence-corrected chi connectivity index (χ2v) is 4.45. The Morgan fingerprint density at radius 1 is 1.39 bits per heavy atom. The average Bonchev–Trinajstić information content (AvgIpc) is 2.34. The monoisotopic (exact) mass is 250 g/mol. The molecule has 1 aliphatic carbocycles. The van der Waals surface area contributed by atoms with Crippen molar-refractivity contribution in [2.45, 2.75) is 18.9 Å². The summed E-state index contributed by atoms with van der Waals surface area (Å²) < 4.78 is 10.3. The van der Waals surface area contributed by atoms with E-state index in [2.05, 4.69) is 5.32 Å². The Labute approximate surface area is 106 Å². The molecule has 0 unspecified atom stereocenters. The summed E-state index contributed by atoms with van der Waals surface area (Å²) >= 11 is 0. The Hall–Kier alpha value is -1.75. The second kappa shape index (κ2) is 5.73. The van der Waals surface area contributed by atoms with Gasteiger partial charge < -0.3 is 15.2 Å². The molecule has 0 aromatic heterocycles. The van der Waals surface area contributed by atoms with E-state index in [1.165, 1.54) is 0 Å². The molecule has 5 nitrogen and oxygen atoms in total. The van der Waals surface area contributed by atoms with Crippen LogP contribution >= 0.6 is 0 Å². The molecule has 1 fully saturated rings. The molecule has 0 saturated heterocycles. The molecule has 1 saturated carbocycles. The third-order valence-corrected chi connectivity index (χ3v) is 3.14. The fourth-order valence-electron chi connectivity index (χ4n) is 1.94. The van der Waals surface area contributed by atoms with E-state index in [1.54, 1.807) is 31.4 Å². The summed E-state index contributed by atoms with van der Waals surface area (Å²) in [6, 6.07) is 7.10. The molecular weight excluding hydrogens is 232 g/mol. The summed E-state index contributed by atoms with van der Waals surface area (Å²) in [7, 11) is 1.60. The topological polar surface area (TPSA) is 73.6 Å². The summed E-state index contributed by atoms with van der Waals surface area (Å²) in [6.45, 7) is 0.667. The van der Waals surface area contributed by atoms with Crippen molar-refractivity contribution in [3.05, 3.63) is 24.3 Å². The predicted molar refractivity (Wildman–Crippen MR) is 68.7 cm³/mol. The minimum atomic E-state index is -0.416. The van der Waals surface area contributed by atoms with Gasteiger partial charge in [0.1, 0.15) is 11.9 Å². The highest BCUT2D eigenvalue weighted by Gasteiger charge is 2.30. The van der Waals surface area contributed by atoms with Crippen molar-refractivity contribution in [3.8, 4) is 5.75 Å². The zero-order valence-electron chi connectivity index (χ0n) is 10.4. The summed E-state index contributed by atoms with van der Waals surface area (Å²) in [5, 5.41) is 2.68. The van der Waals surface area contributed by atoms with Gasteiger partial charge in [0, 0.05) is 5.69 Å². The number of ether oxygens (including phenoxy) is 2. The fourth-order valence-corrected chi connectivity index (χ4v) is 1.94. The van der Waals surface area contributed by atoms with E-state index in [0.717, 1.165) is 18.6 Å². The van der Waals surface area contributed by atoms with Gasteiger partial charge in [-0.15, -0.1) is 0 Å². The van der Waals surface area contributed by atoms with Gasteiger partial charge >= 0.3 is 6.09 Å². The SMILES string of the molecule is COc1ccc(NC(=O)OC2CC(CN)C2)cc1. The van der Waals surface area contributed by atoms with E-state index in [0.29, 0.717) is 18.2 Å². The van der Waals surface area contributed by atoms with Crippen LogP contribution < -0.4 is 15.8 Å². The van der Waals surface area contributed by atoms with Gasteiger partial charge in [-0.25, -0.2) is 4.79 Å². The maximum atomic E-state index is 11.6. The molecule has 5 heteroatoms. The highest BCUT2D eigenvalue weighted by molar-refractivity contribution is 5.84. The van der Waals surface area contributed by atoms with Crippen LogP contribution in [0.5, 0.6) is 5.75 Å². The zero-order valence-corrected chi connectivity index (χ0v) is 10.4. The third-order valence-electron chi connectivity index (χ3n) is 3.14. The number of benzene rings is 1. The molecule has 1 amide bonds. The lowest BCUT2D eigenvalue weighted by Gasteiger charge is -2.33. The zero-order chi connectivity index (χ0) is 13.0. The minimum absolute atomic E-state index is 0.0109. The Morgan fingerprint density at radius 2 is 2.06 bits per heavy atom. The second-order valence-electron chi connectivity index (χ2n) is 4.45. The van der Waals surface area contributed by atoms with Crippen molar-refractivity contribution in [1.29, 1.82) is 0 Å². The van der Waals surface area contributed by atoms with E-state index >= 15 is 0 Å². The maximum absolute atomic E-state index is 11.6. The minimum Gasteiger partial charge on any atom is -0.497 e. The van der Waals surface area contributed by atoms with E-state index < -0.39 is 6.09 Å². The van der Waals surface area contributed by atoms with Crippen molar-refractivity contribution in [2.24, 2.45) is 11.7 Å².